The van der Waals surface area contributed by atoms with Crippen LogP contribution in [0, 0.1) is 0 Å². The zero-order chi connectivity index (χ0) is 13.3. The van der Waals surface area contributed by atoms with E-state index in [0.717, 1.165) is 25.9 Å². The topological polar surface area (TPSA) is 42.7 Å². The van der Waals surface area contributed by atoms with Gasteiger partial charge in [-0.05, 0) is 31.0 Å². The summed E-state index contributed by atoms with van der Waals surface area (Å²) in [7, 11) is 0. The van der Waals surface area contributed by atoms with Crippen molar-refractivity contribution < 1.29 is 0 Å². The molecule has 1 aliphatic heterocycles. The Kier molecular flexibility index (Phi) is 3.11. The first-order valence-electron chi connectivity index (χ1n) is 6.91. The lowest BCUT2D eigenvalue weighted by Gasteiger charge is -2.35. The van der Waals surface area contributed by atoms with Gasteiger partial charge in [-0.15, -0.1) is 0 Å². The predicted octanol–water partition coefficient (Wildman–Crippen LogP) is 2.10. The van der Waals surface area contributed by atoms with Gasteiger partial charge in [0.2, 0.25) is 0 Å². The number of fused-ring (bicyclic) bond motifs is 1. The Morgan fingerprint density at radius 3 is 2.89 bits per heavy atom. The highest BCUT2D eigenvalue weighted by atomic mass is 15.1. The Bertz CT molecular complexity index is 561. The number of nitrogens with one attached hydrogen (secondary N) is 1. The lowest BCUT2D eigenvalue weighted by molar-refractivity contribution is 0.314. The Morgan fingerprint density at radius 1 is 1.37 bits per heavy atom. The molecule has 0 spiro atoms. The maximum absolute atomic E-state index is 4.60. The number of pyridine rings is 1. The van der Waals surface area contributed by atoms with E-state index in [-0.39, 0.29) is 5.54 Å². The maximum Gasteiger partial charge on any atom is 0.0955 e. The van der Waals surface area contributed by atoms with E-state index in [1.807, 2.05) is 18.7 Å². The first-order chi connectivity index (χ1) is 9.23. The molecule has 0 saturated heterocycles. The Morgan fingerprint density at radius 2 is 2.16 bits per heavy atom. The quantitative estimate of drug-likeness (QED) is 0.914. The number of imidazole rings is 1. The molecule has 100 valence electrons. The van der Waals surface area contributed by atoms with Crippen LogP contribution in [0.5, 0.6) is 0 Å². The van der Waals surface area contributed by atoms with Crippen molar-refractivity contribution in [3.8, 4) is 0 Å². The van der Waals surface area contributed by atoms with Crippen molar-refractivity contribution >= 4 is 0 Å². The highest BCUT2D eigenvalue weighted by Crippen LogP contribution is 2.31. The normalized spacial score (nSPS) is 22.2. The molecular weight excluding hydrogens is 236 g/mol. The van der Waals surface area contributed by atoms with Gasteiger partial charge < -0.3 is 9.88 Å². The second-order valence-electron chi connectivity index (χ2n) is 5.39. The van der Waals surface area contributed by atoms with Crippen LogP contribution in [0.3, 0.4) is 0 Å². The zero-order valence-corrected chi connectivity index (χ0v) is 11.6. The molecule has 0 bridgehead atoms. The van der Waals surface area contributed by atoms with Gasteiger partial charge in [0.25, 0.3) is 0 Å². The monoisotopic (exact) mass is 256 g/mol. The average Bonchev–Trinajstić information content (AvgIpc) is 2.85. The molecule has 1 unspecified atom stereocenters. The Hall–Kier alpha value is -1.68. The van der Waals surface area contributed by atoms with Crippen molar-refractivity contribution in [3.63, 3.8) is 0 Å². The van der Waals surface area contributed by atoms with Crippen molar-refractivity contribution in [3.05, 3.63) is 47.8 Å². The van der Waals surface area contributed by atoms with Gasteiger partial charge in [0, 0.05) is 31.9 Å². The maximum atomic E-state index is 4.60. The molecule has 0 fully saturated rings. The summed E-state index contributed by atoms with van der Waals surface area (Å²) in [5.74, 6) is 0. The second-order valence-corrected chi connectivity index (χ2v) is 5.39. The van der Waals surface area contributed by atoms with E-state index in [2.05, 4.69) is 45.8 Å². The van der Waals surface area contributed by atoms with E-state index in [0.29, 0.717) is 0 Å². The molecule has 1 atom stereocenters. The highest BCUT2D eigenvalue weighted by molar-refractivity contribution is 5.27. The molecule has 19 heavy (non-hydrogen) atoms. The zero-order valence-electron chi connectivity index (χ0n) is 11.6. The number of nitrogens with zero attached hydrogens (tertiary/aromatic N) is 3. The molecule has 0 amide bonds. The molecule has 1 N–H and O–H groups in total. The minimum absolute atomic E-state index is 0.0388. The highest BCUT2D eigenvalue weighted by Gasteiger charge is 2.33. The molecule has 3 heterocycles. The van der Waals surface area contributed by atoms with Crippen molar-refractivity contribution in [2.75, 3.05) is 6.54 Å². The van der Waals surface area contributed by atoms with Crippen molar-refractivity contribution in [2.45, 2.75) is 38.8 Å². The van der Waals surface area contributed by atoms with Crippen LogP contribution in [-0.4, -0.2) is 21.1 Å². The molecule has 4 heteroatoms. The van der Waals surface area contributed by atoms with E-state index in [1.54, 1.807) is 0 Å². The predicted molar refractivity (Wildman–Crippen MR) is 74.9 cm³/mol. The summed E-state index contributed by atoms with van der Waals surface area (Å²) in [5, 5.41) is 3.64. The van der Waals surface area contributed by atoms with E-state index in [1.165, 1.54) is 17.0 Å². The molecule has 0 saturated carbocycles. The van der Waals surface area contributed by atoms with Crippen LogP contribution in [0.15, 0.2) is 30.9 Å². The molecule has 0 aromatic carbocycles. The SMILES string of the molecule is CCC1(C)NCCc2ncn(Cc3ccncc3)c21. The summed E-state index contributed by atoms with van der Waals surface area (Å²) in [6.45, 7) is 6.38. The number of hydrogen-bond acceptors (Lipinski definition) is 3. The number of aromatic nitrogens is 3. The molecule has 0 aliphatic carbocycles. The first-order valence-corrected chi connectivity index (χ1v) is 6.91. The van der Waals surface area contributed by atoms with Gasteiger partial charge in [0.1, 0.15) is 0 Å². The lowest BCUT2D eigenvalue weighted by Crippen LogP contribution is -2.45. The summed E-state index contributed by atoms with van der Waals surface area (Å²) < 4.78 is 2.28. The Labute approximate surface area is 113 Å². The van der Waals surface area contributed by atoms with E-state index >= 15 is 0 Å². The second kappa shape index (κ2) is 4.78. The standard InChI is InChI=1S/C15H20N4/c1-3-15(2)14-13(6-9-18-15)17-11-19(14)10-12-4-7-16-8-5-12/h4-5,7-8,11,18H,3,6,9-10H2,1-2H3. The van der Waals surface area contributed by atoms with Crippen LogP contribution in [0.4, 0.5) is 0 Å². The first kappa shape index (κ1) is 12.4. The van der Waals surface area contributed by atoms with Gasteiger partial charge in [0.15, 0.2) is 0 Å². The van der Waals surface area contributed by atoms with Crippen molar-refractivity contribution in [1.82, 2.24) is 19.9 Å². The van der Waals surface area contributed by atoms with Crippen molar-refractivity contribution in [1.29, 1.82) is 0 Å². The van der Waals surface area contributed by atoms with Crippen LogP contribution in [-0.2, 0) is 18.5 Å². The van der Waals surface area contributed by atoms with Crippen LogP contribution in [0.2, 0.25) is 0 Å². The molecule has 0 radical (unpaired) electrons. The van der Waals surface area contributed by atoms with Crippen LogP contribution in [0.25, 0.3) is 0 Å². The molecule has 1 aliphatic rings. The van der Waals surface area contributed by atoms with E-state index in [4.69, 9.17) is 0 Å². The van der Waals surface area contributed by atoms with Crippen molar-refractivity contribution in [2.24, 2.45) is 0 Å². The third-order valence-corrected chi connectivity index (χ3v) is 4.12. The fourth-order valence-corrected chi connectivity index (χ4v) is 2.88. The van der Waals surface area contributed by atoms with Gasteiger partial charge in [-0.1, -0.05) is 6.92 Å². The molecular formula is C15H20N4. The smallest absolute Gasteiger partial charge is 0.0955 e. The van der Waals surface area contributed by atoms with Crippen LogP contribution in [0.1, 0.15) is 37.2 Å². The summed E-state index contributed by atoms with van der Waals surface area (Å²) in [6, 6.07) is 4.12. The lowest BCUT2D eigenvalue weighted by atomic mass is 9.88. The minimum atomic E-state index is 0.0388. The number of hydrogen-bond donors (Lipinski definition) is 1. The third-order valence-electron chi connectivity index (χ3n) is 4.12. The Balaban J connectivity index is 1.98. The van der Waals surface area contributed by atoms with Gasteiger partial charge in [-0.2, -0.15) is 0 Å². The molecule has 3 rings (SSSR count). The molecule has 2 aromatic rings. The largest absolute Gasteiger partial charge is 0.328 e. The van der Waals surface area contributed by atoms with E-state index in [9.17, 15) is 0 Å². The molecule has 4 nitrogen and oxygen atoms in total. The number of rotatable bonds is 3. The van der Waals surface area contributed by atoms with E-state index < -0.39 is 0 Å². The van der Waals surface area contributed by atoms with Crippen LogP contribution < -0.4 is 5.32 Å². The third kappa shape index (κ3) is 2.16. The van der Waals surface area contributed by atoms with Gasteiger partial charge in [0.05, 0.1) is 23.3 Å². The summed E-state index contributed by atoms with van der Waals surface area (Å²) in [4.78, 5) is 8.67. The fourth-order valence-electron chi connectivity index (χ4n) is 2.88. The summed E-state index contributed by atoms with van der Waals surface area (Å²) >= 11 is 0. The van der Waals surface area contributed by atoms with Gasteiger partial charge in [-0.3, -0.25) is 4.98 Å². The minimum Gasteiger partial charge on any atom is -0.328 e. The van der Waals surface area contributed by atoms with Gasteiger partial charge >= 0.3 is 0 Å². The summed E-state index contributed by atoms with van der Waals surface area (Å²) in [6.07, 6.45) is 7.76. The average molecular weight is 256 g/mol. The summed E-state index contributed by atoms with van der Waals surface area (Å²) in [5.41, 5.74) is 3.89. The fraction of sp³-hybridized carbons (Fsp3) is 0.467. The molecule has 2 aromatic heterocycles. The van der Waals surface area contributed by atoms with Gasteiger partial charge in [-0.25, -0.2) is 4.98 Å². The van der Waals surface area contributed by atoms with Crippen LogP contribution >= 0.6 is 0 Å².